The van der Waals surface area contributed by atoms with Gasteiger partial charge in [0.05, 0.1) is 12.6 Å². The van der Waals surface area contributed by atoms with Crippen molar-refractivity contribution in [3.63, 3.8) is 0 Å². The Morgan fingerprint density at radius 2 is 1.58 bits per heavy atom. The number of unbranched alkanes of at least 4 members (excludes halogenated alkanes) is 2. The third kappa shape index (κ3) is 18.2. The molecule has 2 amide bonds. The number of carbonyl (C=O) groups is 5. The highest BCUT2D eigenvalue weighted by molar-refractivity contribution is 8.77. The molecule has 14 nitrogen and oxygen atoms in total. The number of aliphatic carboxylic acids is 1. The van der Waals surface area contributed by atoms with Gasteiger partial charge in [0.1, 0.15) is 0 Å². The lowest BCUT2D eigenvalue weighted by Crippen LogP contribution is -2.41. The minimum Gasteiger partial charge on any atom is -0.479 e. The molecule has 0 aromatic heterocycles. The molecule has 2 aromatic rings. The van der Waals surface area contributed by atoms with Gasteiger partial charge in [-0.15, -0.1) is 0 Å². The number of nitrogens with zero attached hydrogens (tertiary/aromatic N) is 2. The van der Waals surface area contributed by atoms with E-state index in [1.165, 1.54) is 22.6 Å². The summed E-state index contributed by atoms with van der Waals surface area (Å²) < 4.78 is 11.6. The van der Waals surface area contributed by atoms with E-state index in [0.29, 0.717) is 61.4 Å². The summed E-state index contributed by atoms with van der Waals surface area (Å²) in [7, 11) is 3.90. The smallest absolute Gasteiger partial charge is 0.331 e. The van der Waals surface area contributed by atoms with Gasteiger partial charge in [-0.3, -0.25) is 29.8 Å². The van der Waals surface area contributed by atoms with E-state index in [4.69, 9.17) is 15.2 Å². The molecule has 0 saturated carbocycles. The molecule has 5 rings (SSSR count). The molecule has 0 spiro atoms. The Morgan fingerprint density at radius 1 is 0.855 bits per heavy atom. The maximum Gasteiger partial charge on any atom is 0.331 e. The van der Waals surface area contributed by atoms with Gasteiger partial charge in [-0.05, 0) is 104 Å². The number of esters is 2. The number of thioether (sulfide) groups is 2. The Balaban J connectivity index is 0.958. The number of aliphatic hydroxyl groups is 1. The summed E-state index contributed by atoms with van der Waals surface area (Å²) in [6.07, 6.45) is 12.1. The molecule has 3 heterocycles. The molecule has 7 atom stereocenters. The third-order valence-electron chi connectivity index (χ3n) is 13.3. The number of hydrogen-bond acceptors (Lipinski definition) is 15. The van der Waals surface area contributed by atoms with E-state index in [1.54, 1.807) is 17.0 Å². The van der Waals surface area contributed by atoms with Crippen LogP contribution in [0, 0.1) is 5.92 Å². The van der Waals surface area contributed by atoms with Crippen molar-refractivity contribution < 1.29 is 43.7 Å². The molecule has 7 unspecified atom stereocenters. The van der Waals surface area contributed by atoms with Crippen molar-refractivity contribution in [1.29, 1.82) is 0 Å². The monoisotopic (exact) mass is 1030 g/mol. The van der Waals surface area contributed by atoms with Gasteiger partial charge in [-0.1, -0.05) is 90.7 Å². The van der Waals surface area contributed by atoms with E-state index in [0.717, 1.165) is 79.6 Å². The molecule has 0 bridgehead atoms. The van der Waals surface area contributed by atoms with Gasteiger partial charge < -0.3 is 35.2 Å². The number of rotatable bonds is 33. The first-order valence-electron chi connectivity index (χ1n) is 25.0. The van der Waals surface area contributed by atoms with Gasteiger partial charge in [0.25, 0.3) is 0 Å². The second kappa shape index (κ2) is 30.8. The number of nitrogens with two attached hydrogens (primary N) is 1. The van der Waals surface area contributed by atoms with Crippen LogP contribution >= 0.6 is 45.1 Å². The van der Waals surface area contributed by atoms with Crippen LogP contribution in [0.2, 0.25) is 0 Å². The molecule has 3 aliphatic rings. The van der Waals surface area contributed by atoms with Gasteiger partial charge >= 0.3 is 17.9 Å². The molecular weight excluding hydrogens is 955 g/mol. The van der Waals surface area contributed by atoms with Crippen LogP contribution in [0.25, 0.3) is 0 Å². The average Bonchev–Trinajstić information content (AvgIpc) is 4.11. The highest BCUT2D eigenvalue weighted by Gasteiger charge is 2.38. The van der Waals surface area contributed by atoms with E-state index in [2.05, 4.69) is 35.1 Å². The topological polar surface area (TPSA) is 201 Å². The standard InChI is InChI=1S/C51H77N5O9S4/c1-4-35(2)50(54-27-22-46(59)56-31-37-12-5-8-15-42(37)49(56)51(62)63)65-48(61)18-9-6-13-39(66-3)23-28-67-34-36-19-20-41-38(30-36)32-55(43(41)33-57)45(58)21-26-53-44(16-11-25-52)64-47(60)17-10-7-14-40-24-29-68-69-40/h5,8,12,15,19-20,30,35,39-40,43-44,49-50,53-54,57H,4,6-7,9-11,13-14,16-18,21-29,31-34,52H2,1-3H3,(H,62,63). The first-order valence-corrected chi connectivity index (χ1v) is 29.8. The van der Waals surface area contributed by atoms with Crippen molar-refractivity contribution in [2.75, 3.05) is 44.0 Å². The zero-order chi connectivity index (χ0) is 49.5. The number of hydrogen-bond donors (Lipinski definition) is 5. The van der Waals surface area contributed by atoms with E-state index < -0.39 is 24.5 Å². The third-order valence-corrected chi connectivity index (χ3v) is 18.5. The largest absolute Gasteiger partial charge is 0.479 e. The van der Waals surface area contributed by atoms with Gasteiger partial charge in [-0.2, -0.15) is 23.5 Å². The van der Waals surface area contributed by atoms with Gasteiger partial charge in [0.2, 0.25) is 11.8 Å². The summed E-state index contributed by atoms with van der Waals surface area (Å²) in [5.41, 5.74) is 10.5. The highest BCUT2D eigenvalue weighted by Crippen LogP contribution is 2.40. The van der Waals surface area contributed by atoms with Crippen LogP contribution in [-0.4, -0.2) is 117 Å². The SMILES string of the molecule is CCC(C)C(NCCC(=O)N1Cc2ccccc2C1C(=O)O)OC(=O)CCCCC(CCSCc1ccc2c(c1)CN(C(=O)CCNC(CCCN)OC(=O)CCCCC1CCSS1)C2CO)SC. The lowest BCUT2D eigenvalue weighted by atomic mass is 10.0. The molecule has 384 valence electrons. The normalized spacial score (nSPS) is 19.2. The Morgan fingerprint density at radius 3 is 2.29 bits per heavy atom. The van der Waals surface area contributed by atoms with Crippen LogP contribution in [0.5, 0.6) is 0 Å². The molecule has 69 heavy (non-hydrogen) atoms. The van der Waals surface area contributed by atoms with Crippen LogP contribution in [0.3, 0.4) is 0 Å². The predicted octanol–water partition coefficient (Wildman–Crippen LogP) is 8.34. The molecular formula is C51H77N5O9S4. The lowest BCUT2D eigenvalue weighted by Gasteiger charge is -2.26. The number of nitrogens with one attached hydrogen (secondary N) is 2. The summed E-state index contributed by atoms with van der Waals surface area (Å²) in [6, 6.07) is 12.2. The first kappa shape index (κ1) is 56.9. The molecule has 2 aromatic carbocycles. The minimum atomic E-state index is -1.05. The Hall–Kier alpha value is -2.97. The molecule has 6 N–H and O–H groups in total. The summed E-state index contributed by atoms with van der Waals surface area (Å²) in [6.45, 7) is 5.70. The molecule has 1 fully saturated rings. The van der Waals surface area contributed by atoms with Crippen LogP contribution < -0.4 is 16.4 Å². The summed E-state index contributed by atoms with van der Waals surface area (Å²) in [5, 5.41) is 27.9. The highest BCUT2D eigenvalue weighted by atomic mass is 33.1. The van der Waals surface area contributed by atoms with E-state index >= 15 is 0 Å². The van der Waals surface area contributed by atoms with Crippen molar-refractivity contribution >= 4 is 74.8 Å². The molecule has 0 aliphatic carbocycles. The van der Waals surface area contributed by atoms with Crippen molar-refractivity contribution in [3.05, 3.63) is 70.3 Å². The van der Waals surface area contributed by atoms with Crippen molar-refractivity contribution in [3.8, 4) is 0 Å². The number of benzene rings is 2. The van der Waals surface area contributed by atoms with Crippen molar-refractivity contribution in [2.24, 2.45) is 11.7 Å². The first-order chi connectivity index (χ1) is 33.5. The molecule has 0 radical (unpaired) electrons. The summed E-state index contributed by atoms with van der Waals surface area (Å²) in [4.78, 5) is 67.5. The van der Waals surface area contributed by atoms with Crippen molar-refractivity contribution in [2.45, 2.75) is 164 Å². The Kier molecular flexibility index (Phi) is 25.4. The molecule has 18 heteroatoms. The Labute approximate surface area is 426 Å². The predicted molar refractivity (Wildman–Crippen MR) is 280 cm³/mol. The van der Waals surface area contributed by atoms with Gasteiger partial charge in [-0.25, -0.2) is 4.79 Å². The second-order valence-corrected chi connectivity index (χ2v) is 23.4. The van der Waals surface area contributed by atoms with Crippen LogP contribution in [0.15, 0.2) is 42.5 Å². The van der Waals surface area contributed by atoms with Gasteiger partial charge in [0, 0.05) is 79.8 Å². The van der Waals surface area contributed by atoms with E-state index in [-0.39, 0.29) is 68.3 Å². The van der Waals surface area contributed by atoms with E-state index in [1.807, 2.05) is 71.1 Å². The average molecular weight is 1030 g/mol. The maximum absolute atomic E-state index is 13.5. The minimum absolute atomic E-state index is 0.0344. The number of carboxylic acid groups (broad SMARTS) is 1. The molecule has 1 saturated heterocycles. The molecule has 3 aliphatic heterocycles. The number of carboxylic acids is 1. The van der Waals surface area contributed by atoms with Crippen LogP contribution in [-0.2, 0) is 52.3 Å². The number of aliphatic hydroxyl groups excluding tert-OH is 1. The van der Waals surface area contributed by atoms with Crippen LogP contribution in [0.4, 0.5) is 0 Å². The summed E-state index contributed by atoms with van der Waals surface area (Å²) >= 11 is 3.74. The zero-order valence-electron chi connectivity index (χ0n) is 40.9. The number of ether oxygens (including phenoxy) is 2. The van der Waals surface area contributed by atoms with E-state index in [9.17, 15) is 34.2 Å². The lowest BCUT2D eigenvalue weighted by molar-refractivity contribution is -0.154. The van der Waals surface area contributed by atoms with Crippen LogP contribution in [0.1, 0.15) is 150 Å². The number of fused-ring (bicyclic) bond motifs is 2. The zero-order valence-corrected chi connectivity index (χ0v) is 44.2. The summed E-state index contributed by atoms with van der Waals surface area (Å²) in [5.74, 6) is 1.23. The fourth-order valence-electron chi connectivity index (χ4n) is 9.10. The van der Waals surface area contributed by atoms with Crippen molar-refractivity contribution in [1.82, 2.24) is 20.4 Å². The second-order valence-electron chi connectivity index (χ2n) is 18.3. The Bertz CT molecular complexity index is 1940. The number of amides is 2. The maximum atomic E-state index is 13.5. The quantitative estimate of drug-likeness (QED) is 0.0198. The fraction of sp³-hybridized carbons (Fsp3) is 0.667. The number of carbonyl (C=O) groups excluding carboxylic acids is 4. The fourth-order valence-corrected chi connectivity index (χ4v) is 14.0. The van der Waals surface area contributed by atoms with Gasteiger partial charge in [0.15, 0.2) is 18.5 Å².